The number of ether oxygens (including phenoxy) is 3. The Hall–Kier alpha value is -3.36. The fraction of sp³-hybridized carbons (Fsp3) is 0.136. The summed E-state index contributed by atoms with van der Waals surface area (Å²) in [6.07, 6.45) is 0. The van der Waals surface area contributed by atoms with Crippen LogP contribution >= 0.6 is 0 Å². The fourth-order valence-corrected chi connectivity index (χ4v) is 3.07. The van der Waals surface area contributed by atoms with Gasteiger partial charge in [0.15, 0.2) is 0 Å². The van der Waals surface area contributed by atoms with Crippen LogP contribution in [0.3, 0.4) is 0 Å². The first-order valence-corrected chi connectivity index (χ1v) is 10.7. The van der Waals surface area contributed by atoms with Crippen molar-refractivity contribution in [1.29, 1.82) is 0 Å². The van der Waals surface area contributed by atoms with Crippen LogP contribution in [0.1, 0.15) is 15.9 Å². The molecule has 0 saturated heterocycles. The Balaban J connectivity index is 1.45. The Labute approximate surface area is 175 Å². The molecule has 0 unspecified atom stereocenters. The molecule has 3 aromatic carbocycles. The van der Waals surface area contributed by atoms with Gasteiger partial charge in [0.25, 0.3) is 0 Å². The van der Waals surface area contributed by atoms with Gasteiger partial charge in [-0.3, -0.25) is 0 Å². The molecule has 0 atom stereocenters. The maximum absolute atomic E-state index is 12.2. The van der Waals surface area contributed by atoms with Gasteiger partial charge in [-0.1, -0.05) is 36.4 Å². The van der Waals surface area contributed by atoms with Gasteiger partial charge in [0.2, 0.25) is 10.0 Å². The Kier molecular flexibility index (Phi) is 7.05. The normalized spacial score (nSPS) is 11.0. The van der Waals surface area contributed by atoms with Gasteiger partial charge < -0.3 is 14.2 Å². The van der Waals surface area contributed by atoms with Crippen LogP contribution in [0.25, 0.3) is 0 Å². The van der Waals surface area contributed by atoms with Crippen molar-refractivity contribution < 1.29 is 27.4 Å². The summed E-state index contributed by atoms with van der Waals surface area (Å²) >= 11 is 0. The van der Waals surface area contributed by atoms with Crippen molar-refractivity contribution in [2.24, 2.45) is 5.14 Å². The molecular formula is C22H21NO6S. The minimum absolute atomic E-state index is 0.00403. The van der Waals surface area contributed by atoms with Crippen LogP contribution in [-0.2, 0) is 21.4 Å². The summed E-state index contributed by atoms with van der Waals surface area (Å²) in [6, 6.07) is 22.1. The third-order valence-corrected chi connectivity index (χ3v) is 4.98. The lowest BCUT2D eigenvalue weighted by Crippen LogP contribution is -2.13. The Morgan fingerprint density at radius 2 is 1.53 bits per heavy atom. The van der Waals surface area contributed by atoms with Crippen molar-refractivity contribution in [3.05, 3.63) is 90.0 Å². The Morgan fingerprint density at radius 3 is 2.23 bits per heavy atom. The first-order valence-electron chi connectivity index (χ1n) is 9.11. The van der Waals surface area contributed by atoms with Gasteiger partial charge in [0, 0.05) is 0 Å². The second kappa shape index (κ2) is 9.91. The van der Waals surface area contributed by atoms with Gasteiger partial charge in [0.05, 0.1) is 10.5 Å². The lowest BCUT2D eigenvalue weighted by Gasteiger charge is -2.09. The second-order valence-electron chi connectivity index (χ2n) is 6.30. The number of carbonyl (C=O) groups is 1. The zero-order valence-corrected chi connectivity index (χ0v) is 16.9. The number of nitrogens with two attached hydrogens (primary N) is 1. The van der Waals surface area contributed by atoms with Crippen molar-refractivity contribution in [2.45, 2.75) is 11.5 Å². The van der Waals surface area contributed by atoms with Gasteiger partial charge in [0.1, 0.15) is 31.3 Å². The predicted octanol–water partition coefficient (Wildman–Crippen LogP) is 3.15. The number of esters is 1. The Bertz CT molecular complexity index is 1080. The molecule has 0 aliphatic heterocycles. The van der Waals surface area contributed by atoms with E-state index in [0.29, 0.717) is 23.7 Å². The molecule has 3 rings (SSSR count). The van der Waals surface area contributed by atoms with Crippen LogP contribution in [0, 0.1) is 0 Å². The number of primary sulfonamides is 1. The summed E-state index contributed by atoms with van der Waals surface area (Å²) in [4.78, 5) is 12.2. The van der Waals surface area contributed by atoms with Crippen LogP contribution in [0.2, 0.25) is 0 Å². The molecule has 2 N–H and O–H groups in total. The molecule has 30 heavy (non-hydrogen) atoms. The molecule has 0 radical (unpaired) electrons. The van der Waals surface area contributed by atoms with E-state index in [1.54, 1.807) is 24.3 Å². The van der Waals surface area contributed by atoms with E-state index in [1.165, 1.54) is 24.3 Å². The maximum atomic E-state index is 12.2. The zero-order valence-electron chi connectivity index (χ0n) is 16.1. The minimum Gasteiger partial charge on any atom is -0.490 e. The largest absolute Gasteiger partial charge is 0.490 e. The average Bonchev–Trinajstić information content (AvgIpc) is 2.76. The number of benzene rings is 3. The van der Waals surface area contributed by atoms with Gasteiger partial charge >= 0.3 is 5.97 Å². The molecule has 0 spiro atoms. The highest BCUT2D eigenvalue weighted by atomic mass is 32.2. The number of sulfonamides is 1. The van der Waals surface area contributed by atoms with E-state index in [9.17, 15) is 13.2 Å². The molecule has 8 heteroatoms. The number of carbonyl (C=O) groups excluding carboxylic acids is 1. The molecule has 156 valence electrons. The van der Waals surface area contributed by atoms with Crippen LogP contribution in [-0.4, -0.2) is 27.6 Å². The molecule has 7 nitrogen and oxygen atoms in total. The summed E-state index contributed by atoms with van der Waals surface area (Å²) in [7, 11) is -3.75. The predicted molar refractivity (Wildman–Crippen MR) is 111 cm³/mol. The quantitative estimate of drug-likeness (QED) is 0.415. The summed E-state index contributed by atoms with van der Waals surface area (Å²) in [5.74, 6) is 0.516. The van der Waals surface area contributed by atoms with Crippen molar-refractivity contribution in [1.82, 2.24) is 0 Å². The van der Waals surface area contributed by atoms with Gasteiger partial charge in [-0.15, -0.1) is 0 Å². The highest BCUT2D eigenvalue weighted by Crippen LogP contribution is 2.17. The van der Waals surface area contributed by atoms with Crippen molar-refractivity contribution in [3.63, 3.8) is 0 Å². The van der Waals surface area contributed by atoms with E-state index >= 15 is 0 Å². The van der Waals surface area contributed by atoms with Crippen LogP contribution in [0.4, 0.5) is 0 Å². The minimum atomic E-state index is -3.75. The lowest BCUT2D eigenvalue weighted by atomic mass is 10.2. The summed E-state index contributed by atoms with van der Waals surface area (Å²) in [5.41, 5.74) is 1.40. The van der Waals surface area contributed by atoms with E-state index < -0.39 is 16.0 Å². The molecule has 0 aromatic heterocycles. The number of rotatable bonds is 9. The molecular weight excluding hydrogens is 406 g/mol. The van der Waals surface area contributed by atoms with E-state index in [-0.39, 0.29) is 18.1 Å². The maximum Gasteiger partial charge on any atom is 0.338 e. The molecule has 0 fully saturated rings. The topological polar surface area (TPSA) is 105 Å². The van der Waals surface area contributed by atoms with E-state index in [4.69, 9.17) is 19.3 Å². The van der Waals surface area contributed by atoms with Crippen molar-refractivity contribution in [2.75, 3.05) is 13.2 Å². The average molecular weight is 427 g/mol. The van der Waals surface area contributed by atoms with Crippen LogP contribution in [0.5, 0.6) is 11.5 Å². The number of hydrogen-bond donors (Lipinski definition) is 1. The Morgan fingerprint density at radius 1 is 0.800 bits per heavy atom. The van der Waals surface area contributed by atoms with Gasteiger partial charge in [-0.2, -0.15) is 0 Å². The first-order chi connectivity index (χ1) is 14.4. The summed E-state index contributed by atoms with van der Waals surface area (Å²) < 4.78 is 38.8. The third-order valence-electron chi connectivity index (χ3n) is 4.06. The van der Waals surface area contributed by atoms with Crippen LogP contribution < -0.4 is 14.6 Å². The van der Waals surface area contributed by atoms with Crippen molar-refractivity contribution >= 4 is 16.0 Å². The molecule has 3 aromatic rings. The SMILES string of the molecule is NS(=O)(=O)c1ccc(OCCOC(=O)c2cccc(OCc3ccccc3)c2)cc1. The van der Waals surface area contributed by atoms with Gasteiger partial charge in [-0.25, -0.2) is 18.4 Å². The molecule has 0 aliphatic carbocycles. The third kappa shape index (κ3) is 6.33. The smallest absolute Gasteiger partial charge is 0.338 e. The molecule has 0 heterocycles. The second-order valence-corrected chi connectivity index (χ2v) is 7.86. The van der Waals surface area contributed by atoms with Crippen molar-refractivity contribution in [3.8, 4) is 11.5 Å². The van der Waals surface area contributed by atoms with Crippen LogP contribution in [0.15, 0.2) is 83.8 Å². The zero-order chi connectivity index (χ0) is 21.4. The molecule has 0 saturated carbocycles. The highest BCUT2D eigenvalue weighted by molar-refractivity contribution is 7.89. The van der Waals surface area contributed by atoms with E-state index in [1.807, 2.05) is 30.3 Å². The summed E-state index contributed by atoms with van der Waals surface area (Å²) in [5, 5.41) is 5.04. The van der Waals surface area contributed by atoms with E-state index in [2.05, 4.69) is 0 Å². The number of hydrogen-bond acceptors (Lipinski definition) is 6. The van der Waals surface area contributed by atoms with Gasteiger partial charge in [-0.05, 0) is 48.0 Å². The monoisotopic (exact) mass is 427 g/mol. The molecule has 0 bridgehead atoms. The standard InChI is InChI=1S/C22H21NO6S/c23-30(25,26)21-11-9-19(10-12-21)27-13-14-28-22(24)18-7-4-8-20(15-18)29-16-17-5-2-1-3-6-17/h1-12,15H,13-14,16H2,(H2,23,25,26). The molecule has 0 amide bonds. The molecule has 0 aliphatic rings. The lowest BCUT2D eigenvalue weighted by molar-refractivity contribution is 0.0450. The summed E-state index contributed by atoms with van der Waals surface area (Å²) in [6.45, 7) is 0.549. The first kappa shape index (κ1) is 21.4. The fourth-order valence-electron chi connectivity index (χ4n) is 2.56. The highest BCUT2D eigenvalue weighted by Gasteiger charge is 2.10. The van der Waals surface area contributed by atoms with E-state index in [0.717, 1.165) is 5.56 Å².